The molecule has 0 aliphatic heterocycles. The zero-order valence-electron chi connectivity index (χ0n) is 15.1. The number of benzene rings is 1. The molecule has 7 heteroatoms. The van der Waals surface area contributed by atoms with Crippen LogP contribution in [0.4, 0.5) is 5.69 Å². The van der Waals surface area contributed by atoms with Gasteiger partial charge in [0.1, 0.15) is 17.9 Å². The van der Waals surface area contributed by atoms with Crippen molar-refractivity contribution in [2.45, 2.75) is 32.4 Å². The lowest BCUT2D eigenvalue weighted by Crippen LogP contribution is -2.38. The van der Waals surface area contributed by atoms with Gasteiger partial charge in [-0.05, 0) is 43.5 Å². The van der Waals surface area contributed by atoms with Crippen molar-refractivity contribution in [2.75, 3.05) is 5.73 Å². The summed E-state index contributed by atoms with van der Waals surface area (Å²) in [4.78, 5) is 24.5. The van der Waals surface area contributed by atoms with E-state index < -0.39 is 5.56 Å². The number of aryl methyl sites for hydroxylation is 1. The number of aromatic nitrogens is 2. The number of nitrogen functional groups attached to an aromatic ring is 1. The Morgan fingerprint density at radius 2 is 2.04 bits per heavy atom. The highest BCUT2D eigenvalue weighted by Crippen LogP contribution is 2.17. The van der Waals surface area contributed by atoms with Crippen molar-refractivity contribution in [3.8, 4) is 11.5 Å². The number of furan rings is 1. The second-order valence-electron chi connectivity index (χ2n) is 6.42. The van der Waals surface area contributed by atoms with E-state index in [4.69, 9.17) is 10.2 Å². The second kappa shape index (κ2) is 8.35. The van der Waals surface area contributed by atoms with E-state index in [1.165, 1.54) is 17.9 Å². The average molecular weight is 366 g/mol. The molecule has 2 heterocycles. The van der Waals surface area contributed by atoms with E-state index in [2.05, 4.69) is 22.5 Å². The number of carbonyl (C=O) groups is 1. The Balaban J connectivity index is 1.62. The fraction of sp³-hybridized carbons (Fsp3) is 0.250. The average Bonchev–Trinajstić information content (AvgIpc) is 3.19. The first kappa shape index (κ1) is 18.4. The van der Waals surface area contributed by atoms with Gasteiger partial charge in [-0.2, -0.15) is 5.10 Å². The summed E-state index contributed by atoms with van der Waals surface area (Å²) in [6.07, 6.45) is 3.16. The van der Waals surface area contributed by atoms with Crippen molar-refractivity contribution in [1.82, 2.24) is 15.1 Å². The zero-order valence-corrected chi connectivity index (χ0v) is 15.1. The van der Waals surface area contributed by atoms with Crippen molar-refractivity contribution in [2.24, 2.45) is 0 Å². The van der Waals surface area contributed by atoms with Crippen LogP contribution in [0.15, 0.2) is 64.0 Å². The van der Waals surface area contributed by atoms with Gasteiger partial charge in [0.05, 0.1) is 6.26 Å². The third kappa shape index (κ3) is 4.84. The van der Waals surface area contributed by atoms with Gasteiger partial charge in [0.15, 0.2) is 5.76 Å². The van der Waals surface area contributed by atoms with E-state index in [1.54, 1.807) is 12.1 Å². The molecule has 2 aromatic heterocycles. The van der Waals surface area contributed by atoms with Crippen LogP contribution in [0.3, 0.4) is 0 Å². The number of nitrogens with two attached hydrogens (primary N) is 1. The minimum atomic E-state index is -0.502. The Bertz CT molecular complexity index is 949. The number of nitrogens with zero attached hydrogens (tertiary/aromatic N) is 2. The number of anilines is 1. The monoisotopic (exact) mass is 366 g/mol. The first-order valence-electron chi connectivity index (χ1n) is 8.77. The van der Waals surface area contributed by atoms with E-state index in [1.807, 2.05) is 25.1 Å². The van der Waals surface area contributed by atoms with Gasteiger partial charge in [0.2, 0.25) is 5.91 Å². The molecule has 1 aromatic carbocycles. The van der Waals surface area contributed by atoms with Crippen molar-refractivity contribution >= 4 is 11.6 Å². The third-order valence-electron chi connectivity index (χ3n) is 4.19. The quantitative estimate of drug-likeness (QED) is 0.667. The minimum Gasteiger partial charge on any atom is -0.463 e. The maximum atomic E-state index is 12.3. The molecule has 0 saturated heterocycles. The fourth-order valence-electron chi connectivity index (χ4n) is 2.77. The number of carbonyl (C=O) groups excluding carboxylic acids is 1. The predicted molar refractivity (Wildman–Crippen MR) is 103 cm³/mol. The number of nitrogens with one attached hydrogen (secondary N) is 1. The van der Waals surface area contributed by atoms with E-state index in [0.29, 0.717) is 11.5 Å². The minimum absolute atomic E-state index is 0.0151. The van der Waals surface area contributed by atoms with Crippen LogP contribution in [0.25, 0.3) is 11.5 Å². The summed E-state index contributed by atoms with van der Waals surface area (Å²) in [5, 5.41) is 7.08. The molecule has 0 aliphatic rings. The van der Waals surface area contributed by atoms with E-state index >= 15 is 0 Å². The number of hydrogen-bond donors (Lipinski definition) is 2. The summed E-state index contributed by atoms with van der Waals surface area (Å²) in [7, 11) is 0. The molecule has 0 aliphatic carbocycles. The van der Waals surface area contributed by atoms with Crippen molar-refractivity contribution in [3.63, 3.8) is 0 Å². The largest absolute Gasteiger partial charge is 0.463 e. The van der Waals surface area contributed by atoms with Crippen LogP contribution in [-0.2, 0) is 17.8 Å². The number of hydrogen-bond acceptors (Lipinski definition) is 5. The standard InChI is InChI=1S/C20H22N4O3/c1-14(9-10-15-6-3-2-4-7-15)22-19(25)13-24-20(26)16(21)12-17(23-24)18-8-5-11-27-18/h2-8,11-12,14H,9-10,13,21H2,1H3,(H,22,25)/t14-/m0/s1. The third-order valence-corrected chi connectivity index (χ3v) is 4.19. The van der Waals surface area contributed by atoms with E-state index in [-0.39, 0.29) is 24.2 Å². The van der Waals surface area contributed by atoms with Crippen LogP contribution in [0.2, 0.25) is 0 Å². The molecule has 3 aromatic rings. The Kier molecular flexibility index (Phi) is 5.71. The topological polar surface area (TPSA) is 103 Å². The zero-order chi connectivity index (χ0) is 19.2. The van der Waals surface area contributed by atoms with Gasteiger partial charge in [0, 0.05) is 6.04 Å². The van der Waals surface area contributed by atoms with Gasteiger partial charge in [-0.3, -0.25) is 9.59 Å². The molecule has 27 heavy (non-hydrogen) atoms. The molecule has 0 bridgehead atoms. The SMILES string of the molecule is C[C@@H](CCc1ccccc1)NC(=O)Cn1nc(-c2ccco2)cc(N)c1=O. The Morgan fingerprint density at radius 3 is 2.74 bits per heavy atom. The molecular formula is C20H22N4O3. The lowest BCUT2D eigenvalue weighted by Gasteiger charge is -2.14. The lowest BCUT2D eigenvalue weighted by atomic mass is 10.1. The van der Waals surface area contributed by atoms with Gasteiger partial charge in [-0.1, -0.05) is 30.3 Å². The first-order valence-corrected chi connectivity index (χ1v) is 8.77. The summed E-state index contributed by atoms with van der Waals surface area (Å²) in [6, 6.07) is 14.9. The number of amides is 1. The van der Waals surface area contributed by atoms with Gasteiger partial charge in [-0.15, -0.1) is 0 Å². The van der Waals surface area contributed by atoms with Crippen LogP contribution >= 0.6 is 0 Å². The highest BCUT2D eigenvalue weighted by Gasteiger charge is 2.14. The van der Waals surface area contributed by atoms with Gasteiger partial charge in [-0.25, -0.2) is 4.68 Å². The molecule has 0 saturated carbocycles. The summed E-state index contributed by atoms with van der Waals surface area (Å²) in [5.74, 6) is 0.188. The molecule has 140 valence electrons. The molecule has 1 atom stereocenters. The molecule has 0 radical (unpaired) electrons. The molecule has 3 rings (SSSR count). The molecule has 1 amide bonds. The maximum Gasteiger partial charge on any atom is 0.290 e. The highest BCUT2D eigenvalue weighted by molar-refractivity contribution is 5.76. The fourth-order valence-corrected chi connectivity index (χ4v) is 2.77. The predicted octanol–water partition coefficient (Wildman–Crippen LogP) is 2.22. The summed E-state index contributed by atoms with van der Waals surface area (Å²) in [6.45, 7) is 1.73. The molecule has 7 nitrogen and oxygen atoms in total. The smallest absolute Gasteiger partial charge is 0.290 e. The maximum absolute atomic E-state index is 12.3. The van der Waals surface area contributed by atoms with Crippen LogP contribution in [0, 0.1) is 0 Å². The molecule has 0 spiro atoms. The van der Waals surface area contributed by atoms with E-state index in [0.717, 1.165) is 17.5 Å². The van der Waals surface area contributed by atoms with Crippen LogP contribution in [0.5, 0.6) is 0 Å². The molecule has 0 unspecified atom stereocenters. The molecule has 0 fully saturated rings. The van der Waals surface area contributed by atoms with Crippen LogP contribution < -0.4 is 16.6 Å². The van der Waals surface area contributed by atoms with Crippen LogP contribution in [-0.4, -0.2) is 21.7 Å². The van der Waals surface area contributed by atoms with Gasteiger partial charge >= 0.3 is 0 Å². The second-order valence-corrected chi connectivity index (χ2v) is 6.42. The molecular weight excluding hydrogens is 344 g/mol. The Hall–Kier alpha value is -3.35. The number of rotatable bonds is 7. The van der Waals surface area contributed by atoms with Crippen molar-refractivity contribution < 1.29 is 9.21 Å². The molecule has 3 N–H and O–H groups in total. The van der Waals surface area contributed by atoms with Gasteiger partial charge in [0.25, 0.3) is 5.56 Å². The van der Waals surface area contributed by atoms with Crippen molar-refractivity contribution in [1.29, 1.82) is 0 Å². The van der Waals surface area contributed by atoms with Gasteiger partial charge < -0.3 is 15.5 Å². The summed E-state index contributed by atoms with van der Waals surface area (Å²) < 4.78 is 6.34. The normalized spacial score (nSPS) is 11.9. The Labute approximate surface area is 156 Å². The summed E-state index contributed by atoms with van der Waals surface area (Å²) >= 11 is 0. The van der Waals surface area contributed by atoms with E-state index in [9.17, 15) is 9.59 Å². The first-order chi connectivity index (χ1) is 13.0. The van der Waals surface area contributed by atoms with Crippen LogP contribution in [0.1, 0.15) is 18.9 Å². The van der Waals surface area contributed by atoms with Crippen molar-refractivity contribution in [3.05, 3.63) is 70.7 Å². The lowest BCUT2D eigenvalue weighted by molar-refractivity contribution is -0.122. The Morgan fingerprint density at radius 1 is 1.26 bits per heavy atom. The highest BCUT2D eigenvalue weighted by atomic mass is 16.3. The summed E-state index contributed by atoms with van der Waals surface area (Å²) in [5.41, 5.74) is 6.91.